The summed E-state index contributed by atoms with van der Waals surface area (Å²) in [4.78, 5) is 23.4. The van der Waals surface area contributed by atoms with Crippen LogP contribution in [0.5, 0.6) is 0 Å². The van der Waals surface area contributed by atoms with Gasteiger partial charge < -0.3 is 9.74 Å². The van der Waals surface area contributed by atoms with E-state index in [1.54, 1.807) is 29.3 Å². The first-order chi connectivity index (χ1) is 12.0. The third-order valence-electron chi connectivity index (χ3n) is 3.56. The molecule has 0 saturated heterocycles. The van der Waals surface area contributed by atoms with Gasteiger partial charge in [-0.1, -0.05) is 16.8 Å². The Labute approximate surface area is 156 Å². The minimum Gasteiger partial charge on any atom is -0.399 e. The molecule has 2 rings (SSSR count). The fourth-order valence-corrected chi connectivity index (χ4v) is 2.80. The number of aromatic nitrogens is 3. The van der Waals surface area contributed by atoms with E-state index in [4.69, 9.17) is 16.4 Å². The topological polar surface area (TPSA) is 72.6 Å². The summed E-state index contributed by atoms with van der Waals surface area (Å²) < 4.78 is 1.59. The number of thioether (sulfide) groups is 1. The summed E-state index contributed by atoms with van der Waals surface area (Å²) >= 11 is 7.80. The average molecular weight is 382 g/mol. The van der Waals surface area contributed by atoms with Crippen LogP contribution in [0.1, 0.15) is 13.8 Å². The van der Waals surface area contributed by atoms with Crippen molar-refractivity contribution in [2.24, 2.45) is 5.16 Å². The van der Waals surface area contributed by atoms with E-state index in [1.165, 1.54) is 23.8 Å². The first-order valence-corrected chi connectivity index (χ1v) is 9.31. The van der Waals surface area contributed by atoms with Crippen molar-refractivity contribution in [3.05, 3.63) is 35.9 Å². The van der Waals surface area contributed by atoms with Gasteiger partial charge in [-0.25, -0.2) is 4.68 Å². The van der Waals surface area contributed by atoms with E-state index in [0.29, 0.717) is 17.9 Å². The van der Waals surface area contributed by atoms with Gasteiger partial charge in [-0.3, -0.25) is 9.78 Å². The molecular formula is C16H20ClN5O2S. The van der Waals surface area contributed by atoms with Crippen molar-refractivity contribution >= 4 is 40.7 Å². The Bertz CT molecular complexity index is 750. The Balaban J connectivity index is 2.39. The van der Waals surface area contributed by atoms with Gasteiger partial charge in [-0.15, -0.1) is 0 Å². The van der Waals surface area contributed by atoms with E-state index in [1.807, 2.05) is 26.2 Å². The zero-order chi connectivity index (χ0) is 18.4. The fraction of sp³-hybridized carbons (Fsp3) is 0.375. The van der Waals surface area contributed by atoms with Gasteiger partial charge in [0.25, 0.3) is 5.91 Å². The number of amides is 1. The minimum atomic E-state index is -0.265. The summed E-state index contributed by atoms with van der Waals surface area (Å²) in [5.74, 6) is -0.265. The number of carbonyl (C=O) groups is 1. The molecule has 2 heterocycles. The molecule has 7 nitrogen and oxygen atoms in total. The lowest BCUT2D eigenvalue weighted by Gasteiger charge is -2.22. The maximum Gasteiger partial charge on any atom is 0.277 e. The van der Waals surface area contributed by atoms with Crippen molar-refractivity contribution in [3.8, 4) is 5.69 Å². The molecule has 1 amide bonds. The highest BCUT2D eigenvalue weighted by Gasteiger charge is 2.28. The number of carbonyl (C=O) groups excluding carboxylic acids is 1. The van der Waals surface area contributed by atoms with Crippen LogP contribution in [0.4, 0.5) is 5.69 Å². The normalized spacial score (nSPS) is 12.8. The molecule has 0 N–H and O–H groups in total. The maximum atomic E-state index is 13.0. The van der Waals surface area contributed by atoms with Gasteiger partial charge in [0.1, 0.15) is 12.8 Å². The first-order valence-electron chi connectivity index (χ1n) is 7.64. The highest BCUT2D eigenvalue weighted by molar-refractivity contribution is 8.00. The van der Waals surface area contributed by atoms with Crippen molar-refractivity contribution in [1.82, 2.24) is 14.8 Å². The van der Waals surface area contributed by atoms with Crippen LogP contribution in [-0.2, 0) is 9.63 Å². The Morgan fingerprint density at radius 1 is 1.56 bits per heavy atom. The number of hydrogen-bond donors (Lipinski definition) is 0. The predicted molar refractivity (Wildman–Crippen MR) is 102 cm³/mol. The zero-order valence-corrected chi connectivity index (χ0v) is 16.1. The van der Waals surface area contributed by atoms with Crippen molar-refractivity contribution in [2.45, 2.75) is 19.1 Å². The number of pyridine rings is 1. The number of anilines is 1. The van der Waals surface area contributed by atoms with E-state index in [2.05, 4.69) is 15.2 Å². The van der Waals surface area contributed by atoms with Crippen molar-refractivity contribution in [1.29, 1.82) is 0 Å². The summed E-state index contributed by atoms with van der Waals surface area (Å²) in [5, 5.41) is 8.29. The van der Waals surface area contributed by atoms with Crippen molar-refractivity contribution < 1.29 is 9.63 Å². The molecule has 0 aliphatic carbocycles. The summed E-state index contributed by atoms with van der Waals surface area (Å²) in [7, 11) is 1.42. The quantitative estimate of drug-likeness (QED) is 0.544. The average Bonchev–Trinajstić information content (AvgIpc) is 3.02. The summed E-state index contributed by atoms with van der Waals surface area (Å²) in [6.45, 7) is 4.18. The third kappa shape index (κ3) is 4.32. The van der Waals surface area contributed by atoms with Gasteiger partial charge in [0.05, 0.1) is 23.3 Å². The van der Waals surface area contributed by atoms with E-state index in [9.17, 15) is 4.79 Å². The van der Waals surface area contributed by atoms with Crippen molar-refractivity contribution in [2.75, 3.05) is 24.8 Å². The molecule has 134 valence electrons. The van der Waals surface area contributed by atoms with Gasteiger partial charge in [-0.05, 0) is 32.2 Å². The van der Waals surface area contributed by atoms with E-state index >= 15 is 0 Å². The van der Waals surface area contributed by atoms with Gasteiger partial charge in [-0.2, -0.15) is 16.9 Å². The second-order valence-electron chi connectivity index (χ2n) is 5.05. The largest absolute Gasteiger partial charge is 0.399 e. The Hall–Kier alpha value is -2.06. The van der Waals surface area contributed by atoms with Crippen molar-refractivity contribution in [3.63, 3.8) is 0 Å². The molecule has 0 fully saturated rings. The molecule has 0 aliphatic heterocycles. The Morgan fingerprint density at radius 2 is 2.32 bits per heavy atom. The third-order valence-corrected chi connectivity index (χ3v) is 4.76. The molecule has 9 heteroatoms. The van der Waals surface area contributed by atoms with Gasteiger partial charge >= 0.3 is 0 Å². The van der Waals surface area contributed by atoms with Gasteiger partial charge in [0, 0.05) is 12.7 Å². The Kier molecular flexibility index (Phi) is 6.83. The second kappa shape index (κ2) is 8.87. The maximum absolute atomic E-state index is 13.0. The van der Waals surface area contributed by atoms with E-state index in [-0.39, 0.29) is 16.3 Å². The van der Waals surface area contributed by atoms with E-state index in [0.717, 1.165) is 5.69 Å². The lowest BCUT2D eigenvalue weighted by Crippen LogP contribution is -2.40. The molecule has 1 unspecified atom stereocenters. The number of hydrogen-bond acceptors (Lipinski definition) is 6. The molecule has 2 aromatic heterocycles. The molecule has 0 spiro atoms. The van der Waals surface area contributed by atoms with E-state index < -0.39 is 0 Å². The Morgan fingerprint density at radius 3 is 2.88 bits per heavy atom. The zero-order valence-electron chi connectivity index (χ0n) is 14.5. The lowest BCUT2D eigenvalue weighted by molar-refractivity contribution is -0.112. The molecule has 0 aliphatic rings. The summed E-state index contributed by atoms with van der Waals surface area (Å²) in [6, 6.07) is 3.66. The number of nitrogens with zero attached hydrogens (tertiary/aromatic N) is 5. The smallest absolute Gasteiger partial charge is 0.277 e. The molecule has 1 atom stereocenters. The number of rotatable bonds is 7. The van der Waals surface area contributed by atoms with Gasteiger partial charge in [0.15, 0.2) is 10.9 Å². The summed E-state index contributed by atoms with van der Waals surface area (Å²) in [6.07, 6.45) is 6.95. The van der Waals surface area contributed by atoms with Crippen LogP contribution in [-0.4, -0.2) is 51.5 Å². The highest BCUT2D eigenvalue weighted by atomic mass is 35.5. The molecule has 0 saturated carbocycles. The minimum absolute atomic E-state index is 0.117. The van der Waals surface area contributed by atoms with Crippen LogP contribution in [0, 0.1) is 0 Å². The van der Waals surface area contributed by atoms with Crippen LogP contribution < -0.4 is 4.90 Å². The molecule has 0 radical (unpaired) electrons. The van der Waals surface area contributed by atoms with Crippen LogP contribution in [0.2, 0.25) is 5.15 Å². The highest BCUT2D eigenvalue weighted by Crippen LogP contribution is 2.27. The number of halogens is 1. The molecule has 2 aromatic rings. The monoisotopic (exact) mass is 381 g/mol. The molecular weight excluding hydrogens is 362 g/mol. The number of oxime groups is 1. The van der Waals surface area contributed by atoms with Gasteiger partial charge in [0.2, 0.25) is 0 Å². The van der Waals surface area contributed by atoms with Crippen LogP contribution in [0.15, 0.2) is 35.9 Å². The lowest BCUT2D eigenvalue weighted by atomic mass is 10.2. The SMILES string of the molecule is CCN(C(=O)C(=NOC)C(C)SC)c1cn(-c2cccnc2)nc1Cl. The predicted octanol–water partition coefficient (Wildman–Crippen LogP) is 3.03. The first kappa shape index (κ1) is 19.3. The van der Waals surface area contributed by atoms with Crippen LogP contribution >= 0.6 is 23.4 Å². The van der Waals surface area contributed by atoms with Crippen LogP contribution in [0.3, 0.4) is 0 Å². The van der Waals surface area contributed by atoms with Crippen LogP contribution in [0.25, 0.3) is 5.69 Å². The second-order valence-corrected chi connectivity index (χ2v) is 6.58. The molecule has 0 aromatic carbocycles. The molecule has 0 bridgehead atoms. The fourth-order valence-electron chi connectivity index (χ4n) is 2.21. The summed E-state index contributed by atoms with van der Waals surface area (Å²) in [5.41, 5.74) is 1.58. The molecule has 25 heavy (non-hydrogen) atoms. The standard InChI is InChI=1S/C16H20ClN5O2S/c1-5-21(16(23)14(20-24-3)11(2)25-4)13-10-22(19-15(13)17)12-7-6-8-18-9-12/h6-11H,5H2,1-4H3.